The van der Waals surface area contributed by atoms with Gasteiger partial charge < -0.3 is 10.2 Å². The van der Waals surface area contributed by atoms with Gasteiger partial charge in [0.1, 0.15) is 5.56 Å². The summed E-state index contributed by atoms with van der Waals surface area (Å²) in [4.78, 5) is 16.7. The average Bonchev–Trinajstić information content (AvgIpc) is 3.42. The number of carbonyl (C=O) groups is 1. The van der Waals surface area contributed by atoms with Gasteiger partial charge in [-0.1, -0.05) is 55.0 Å². The molecule has 0 radical (unpaired) electrons. The van der Waals surface area contributed by atoms with Gasteiger partial charge >= 0.3 is 5.97 Å². The number of rotatable bonds is 4. The van der Waals surface area contributed by atoms with E-state index in [1.165, 1.54) is 5.56 Å². The zero-order valence-corrected chi connectivity index (χ0v) is 14.9. The number of aryl methyl sites for hydroxylation is 2. The van der Waals surface area contributed by atoms with E-state index in [-0.39, 0.29) is 11.3 Å². The first-order valence-corrected chi connectivity index (χ1v) is 8.93. The number of carboxylic acid groups (broad SMARTS) is 1. The minimum Gasteiger partial charge on any atom is -0.505 e. The minimum absolute atomic E-state index is 0.0429. The molecule has 1 heterocycles. The van der Waals surface area contributed by atoms with Gasteiger partial charge in [0.05, 0.1) is 11.2 Å². The van der Waals surface area contributed by atoms with E-state index >= 15 is 0 Å². The number of pyridine rings is 1. The lowest BCUT2D eigenvalue weighted by Gasteiger charge is -2.20. The lowest BCUT2D eigenvalue weighted by atomic mass is 9.88. The summed E-state index contributed by atoms with van der Waals surface area (Å²) >= 11 is 0. The van der Waals surface area contributed by atoms with Crippen LogP contribution in [0, 0.1) is 6.92 Å². The fraction of sp³-hybridized carbons (Fsp3) is 0.273. The first kappa shape index (κ1) is 16.6. The smallest absolute Gasteiger partial charge is 0.340 e. The molecule has 1 fully saturated rings. The fourth-order valence-electron chi connectivity index (χ4n) is 3.83. The Kier molecular flexibility index (Phi) is 3.72. The van der Waals surface area contributed by atoms with Crippen molar-refractivity contribution in [2.75, 3.05) is 0 Å². The molecular formula is C22H21NO3. The lowest BCUT2D eigenvalue weighted by molar-refractivity contribution is 0.0695. The van der Waals surface area contributed by atoms with Crippen molar-refractivity contribution in [3.05, 3.63) is 70.4 Å². The fourth-order valence-corrected chi connectivity index (χ4v) is 3.83. The first-order valence-electron chi connectivity index (χ1n) is 8.93. The molecule has 0 spiro atoms. The quantitative estimate of drug-likeness (QED) is 0.724. The van der Waals surface area contributed by atoms with Gasteiger partial charge in [-0.25, -0.2) is 9.78 Å². The predicted molar refractivity (Wildman–Crippen MR) is 101 cm³/mol. The van der Waals surface area contributed by atoms with Crippen molar-refractivity contribution in [1.29, 1.82) is 0 Å². The van der Waals surface area contributed by atoms with Crippen LogP contribution in [-0.4, -0.2) is 21.2 Å². The number of fused-ring (bicyclic) bond motifs is 1. The van der Waals surface area contributed by atoms with Crippen LogP contribution in [0.2, 0.25) is 0 Å². The van der Waals surface area contributed by atoms with Gasteiger partial charge in [0.15, 0.2) is 5.75 Å². The summed E-state index contributed by atoms with van der Waals surface area (Å²) in [5, 5.41) is 21.1. The predicted octanol–water partition coefficient (Wildman–Crippen LogP) is 4.59. The molecule has 132 valence electrons. The first-order chi connectivity index (χ1) is 12.5. The number of aromatic hydroxyl groups is 1. The second-order valence-electron chi connectivity index (χ2n) is 7.10. The number of carboxylic acids is 1. The van der Waals surface area contributed by atoms with Gasteiger partial charge in [-0.15, -0.1) is 0 Å². The van der Waals surface area contributed by atoms with Crippen molar-refractivity contribution in [1.82, 2.24) is 4.98 Å². The Morgan fingerprint density at radius 3 is 2.42 bits per heavy atom. The number of hydrogen-bond donors (Lipinski definition) is 2. The highest BCUT2D eigenvalue weighted by molar-refractivity contribution is 6.06. The van der Waals surface area contributed by atoms with Crippen LogP contribution in [0.4, 0.5) is 0 Å². The van der Waals surface area contributed by atoms with E-state index in [0.29, 0.717) is 16.6 Å². The third kappa shape index (κ3) is 2.37. The Balaban J connectivity index is 2.03. The summed E-state index contributed by atoms with van der Waals surface area (Å²) in [5.41, 5.74) is 3.97. The number of aromatic nitrogens is 1. The molecule has 0 bridgehead atoms. The Bertz CT molecular complexity index is 1020. The van der Waals surface area contributed by atoms with E-state index in [2.05, 4.69) is 12.1 Å². The number of hydrogen-bond acceptors (Lipinski definition) is 3. The molecule has 4 heteroatoms. The second-order valence-corrected chi connectivity index (χ2v) is 7.10. The van der Waals surface area contributed by atoms with Gasteiger partial charge in [-0.05, 0) is 37.3 Å². The van der Waals surface area contributed by atoms with Crippen LogP contribution in [0.25, 0.3) is 10.9 Å². The maximum atomic E-state index is 11.9. The van der Waals surface area contributed by atoms with Gasteiger partial charge in [0, 0.05) is 10.8 Å². The molecule has 1 aliphatic rings. The molecule has 4 rings (SSSR count). The highest BCUT2D eigenvalue weighted by Crippen LogP contribution is 2.56. The van der Waals surface area contributed by atoms with Crippen LogP contribution in [0.1, 0.15) is 52.5 Å². The highest BCUT2D eigenvalue weighted by atomic mass is 16.4. The van der Waals surface area contributed by atoms with E-state index in [9.17, 15) is 15.0 Å². The van der Waals surface area contributed by atoms with Crippen molar-refractivity contribution in [2.24, 2.45) is 0 Å². The summed E-state index contributed by atoms with van der Waals surface area (Å²) in [5.74, 6) is -1.32. The van der Waals surface area contributed by atoms with Crippen molar-refractivity contribution in [3.63, 3.8) is 0 Å². The van der Waals surface area contributed by atoms with Crippen molar-refractivity contribution >= 4 is 16.9 Å². The molecule has 3 aromatic rings. The molecule has 0 aliphatic heterocycles. The molecule has 0 atom stereocenters. The number of para-hydroxylation sites is 1. The number of nitrogens with zero attached hydrogens (tertiary/aromatic N) is 1. The third-order valence-corrected chi connectivity index (χ3v) is 5.48. The van der Waals surface area contributed by atoms with Crippen LogP contribution >= 0.6 is 0 Å². The van der Waals surface area contributed by atoms with Gasteiger partial charge in [0.25, 0.3) is 0 Å². The van der Waals surface area contributed by atoms with Crippen LogP contribution < -0.4 is 0 Å². The standard InChI is InChI=1S/C22H21NO3/c1-3-14-5-4-6-16-17(21(25)26)19(24)20(23-18(14)16)22(11-12-22)15-9-7-13(2)8-10-15/h4-10,24H,3,11-12H2,1-2H3,(H,25,26). The Hall–Kier alpha value is -2.88. The maximum Gasteiger partial charge on any atom is 0.340 e. The van der Waals surface area contributed by atoms with Gasteiger partial charge in [-0.2, -0.15) is 0 Å². The molecule has 0 amide bonds. The normalized spacial score (nSPS) is 15.2. The van der Waals surface area contributed by atoms with Crippen LogP contribution in [-0.2, 0) is 11.8 Å². The van der Waals surface area contributed by atoms with E-state index < -0.39 is 11.4 Å². The van der Waals surface area contributed by atoms with Crippen LogP contribution in [0.3, 0.4) is 0 Å². The summed E-state index contributed by atoms with van der Waals surface area (Å²) in [6.45, 7) is 4.06. The molecule has 2 N–H and O–H groups in total. The third-order valence-electron chi connectivity index (χ3n) is 5.48. The summed E-state index contributed by atoms with van der Waals surface area (Å²) < 4.78 is 0. The zero-order chi connectivity index (χ0) is 18.5. The SMILES string of the molecule is CCc1cccc2c(C(=O)O)c(O)c(C3(c4ccc(C)cc4)CC3)nc12. The highest BCUT2D eigenvalue weighted by Gasteiger charge is 2.50. The van der Waals surface area contributed by atoms with Gasteiger partial charge in [-0.3, -0.25) is 0 Å². The summed E-state index contributed by atoms with van der Waals surface area (Å²) in [7, 11) is 0. The van der Waals surface area contributed by atoms with E-state index in [0.717, 1.165) is 30.4 Å². The molecule has 1 aliphatic carbocycles. The molecule has 2 aromatic carbocycles. The van der Waals surface area contributed by atoms with Crippen molar-refractivity contribution in [2.45, 2.75) is 38.5 Å². The Morgan fingerprint density at radius 1 is 1.15 bits per heavy atom. The monoisotopic (exact) mass is 347 g/mol. The van der Waals surface area contributed by atoms with Crippen molar-refractivity contribution in [3.8, 4) is 5.75 Å². The zero-order valence-electron chi connectivity index (χ0n) is 14.9. The molecule has 1 aromatic heterocycles. The number of aromatic carboxylic acids is 1. The molecule has 1 saturated carbocycles. The molecule has 4 nitrogen and oxygen atoms in total. The van der Waals surface area contributed by atoms with E-state index in [1.807, 2.05) is 38.1 Å². The number of benzene rings is 2. The average molecular weight is 347 g/mol. The second kappa shape index (κ2) is 5.84. The van der Waals surface area contributed by atoms with Crippen LogP contribution in [0.15, 0.2) is 42.5 Å². The molecular weight excluding hydrogens is 326 g/mol. The molecule has 0 saturated heterocycles. The maximum absolute atomic E-state index is 11.9. The van der Waals surface area contributed by atoms with E-state index in [1.54, 1.807) is 6.07 Å². The van der Waals surface area contributed by atoms with Gasteiger partial charge in [0.2, 0.25) is 0 Å². The van der Waals surface area contributed by atoms with Crippen LogP contribution in [0.5, 0.6) is 5.75 Å². The largest absolute Gasteiger partial charge is 0.505 e. The topological polar surface area (TPSA) is 70.4 Å². The Morgan fingerprint density at radius 2 is 1.85 bits per heavy atom. The summed E-state index contributed by atoms with van der Waals surface area (Å²) in [6, 6.07) is 13.7. The molecule has 26 heavy (non-hydrogen) atoms. The minimum atomic E-state index is -1.12. The molecule has 0 unspecified atom stereocenters. The Labute approximate surface area is 152 Å². The van der Waals surface area contributed by atoms with E-state index in [4.69, 9.17) is 4.98 Å². The lowest BCUT2D eigenvalue weighted by Crippen LogP contribution is -2.14. The summed E-state index contributed by atoms with van der Waals surface area (Å²) in [6.07, 6.45) is 2.47. The van der Waals surface area contributed by atoms with Crippen molar-refractivity contribution < 1.29 is 15.0 Å².